The molecule has 0 atom stereocenters. The normalized spacial score (nSPS) is 13.5. The Morgan fingerprint density at radius 1 is 0.615 bits per heavy atom. The van der Waals surface area contributed by atoms with E-state index >= 15 is 0 Å². The summed E-state index contributed by atoms with van der Waals surface area (Å²) in [6.45, 7) is 0. The van der Waals surface area contributed by atoms with Crippen molar-refractivity contribution in [2.24, 2.45) is 31.9 Å². The van der Waals surface area contributed by atoms with E-state index in [-0.39, 0.29) is 11.7 Å². The predicted octanol–water partition coefficient (Wildman–Crippen LogP) is 3.10. The van der Waals surface area contributed by atoms with Crippen molar-refractivity contribution in [1.82, 2.24) is 0 Å². The van der Waals surface area contributed by atoms with Gasteiger partial charge in [-0.05, 0) is 23.3 Å². The summed E-state index contributed by atoms with van der Waals surface area (Å²) >= 11 is 0. The van der Waals surface area contributed by atoms with E-state index in [1.54, 1.807) is 12.2 Å². The standard InChI is InChI=1S/C20H20N6/c21-19(25-23-15-7-13-17-9-3-1-4-10-17)20(22)26-24-16-8-14-18-11-5-2-6-12-18/h1-16H,(H2,21,25)(H2,22,26)/b13-7?,14-8?,23-15-,24-16+. The molecule has 0 aromatic heterocycles. The lowest BCUT2D eigenvalue weighted by Gasteiger charge is -1.93. The van der Waals surface area contributed by atoms with Gasteiger partial charge < -0.3 is 11.5 Å². The summed E-state index contributed by atoms with van der Waals surface area (Å²) < 4.78 is 0. The van der Waals surface area contributed by atoms with Crippen LogP contribution < -0.4 is 11.5 Å². The van der Waals surface area contributed by atoms with E-state index in [2.05, 4.69) is 20.4 Å². The van der Waals surface area contributed by atoms with Crippen molar-refractivity contribution in [1.29, 1.82) is 0 Å². The summed E-state index contributed by atoms with van der Waals surface area (Å²) in [5.74, 6) is -0.00269. The van der Waals surface area contributed by atoms with Gasteiger partial charge in [-0.15, -0.1) is 10.2 Å². The van der Waals surface area contributed by atoms with Gasteiger partial charge in [-0.25, -0.2) is 0 Å². The smallest absolute Gasteiger partial charge is 0.190 e. The number of rotatable bonds is 6. The van der Waals surface area contributed by atoms with Crippen molar-refractivity contribution in [2.75, 3.05) is 0 Å². The molecule has 0 saturated carbocycles. The lowest BCUT2D eigenvalue weighted by Crippen LogP contribution is -2.30. The van der Waals surface area contributed by atoms with Crippen LogP contribution >= 0.6 is 0 Å². The lowest BCUT2D eigenvalue weighted by molar-refractivity contribution is 1.22. The highest BCUT2D eigenvalue weighted by atomic mass is 15.3. The van der Waals surface area contributed by atoms with E-state index < -0.39 is 0 Å². The summed E-state index contributed by atoms with van der Waals surface area (Å²) in [7, 11) is 0. The van der Waals surface area contributed by atoms with Gasteiger partial charge in [-0.3, -0.25) is 0 Å². The third-order valence-corrected chi connectivity index (χ3v) is 3.08. The minimum Gasteiger partial charge on any atom is -0.379 e. The molecule has 130 valence electrons. The highest BCUT2D eigenvalue weighted by molar-refractivity contribution is 6.39. The molecule has 6 nitrogen and oxygen atoms in total. The van der Waals surface area contributed by atoms with Crippen LogP contribution in [-0.2, 0) is 0 Å². The van der Waals surface area contributed by atoms with Crippen LogP contribution in [0.15, 0.2) is 93.2 Å². The van der Waals surface area contributed by atoms with Crippen LogP contribution in [0.25, 0.3) is 12.2 Å². The van der Waals surface area contributed by atoms with Crippen LogP contribution in [0.3, 0.4) is 0 Å². The fraction of sp³-hybridized carbons (Fsp3) is 0. The van der Waals surface area contributed by atoms with Gasteiger partial charge in [0, 0.05) is 12.4 Å². The minimum absolute atomic E-state index is 0.00134. The van der Waals surface area contributed by atoms with Crippen molar-refractivity contribution in [3.8, 4) is 0 Å². The molecule has 4 N–H and O–H groups in total. The van der Waals surface area contributed by atoms with Crippen molar-refractivity contribution < 1.29 is 0 Å². The third kappa shape index (κ3) is 7.18. The molecule has 2 aromatic rings. The molecule has 0 bridgehead atoms. The monoisotopic (exact) mass is 344 g/mol. The molecule has 6 heteroatoms. The van der Waals surface area contributed by atoms with Gasteiger partial charge in [0.05, 0.1) is 0 Å². The number of nitrogens with zero attached hydrogens (tertiary/aromatic N) is 4. The maximum absolute atomic E-state index is 5.68. The highest BCUT2D eigenvalue weighted by Gasteiger charge is 1.96. The van der Waals surface area contributed by atoms with Crippen LogP contribution in [0.4, 0.5) is 0 Å². The largest absolute Gasteiger partial charge is 0.379 e. The Labute approximate surface area is 152 Å². The number of amidine groups is 2. The van der Waals surface area contributed by atoms with Gasteiger partial charge in [0.25, 0.3) is 0 Å². The van der Waals surface area contributed by atoms with Crippen LogP contribution in [-0.4, -0.2) is 24.1 Å². The van der Waals surface area contributed by atoms with Gasteiger partial charge in [-0.1, -0.05) is 72.8 Å². The first-order valence-electron chi connectivity index (χ1n) is 7.92. The van der Waals surface area contributed by atoms with Crippen molar-refractivity contribution in [3.63, 3.8) is 0 Å². The van der Waals surface area contributed by atoms with E-state index in [9.17, 15) is 0 Å². The topological polar surface area (TPSA) is 101 Å². The van der Waals surface area contributed by atoms with Gasteiger partial charge in [0.15, 0.2) is 11.7 Å². The number of benzene rings is 2. The Bertz CT molecular complexity index is 773. The van der Waals surface area contributed by atoms with E-state index in [0.29, 0.717) is 0 Å². The first kappa shape index (κ1) is 18.5. The summed E-state index contributed by atoms with van der Waals surface area (Å²) in [5.41, 5.74) is 13.5. The Morgan fingerprint density at radius 2 is 1.00 bits per heavy atom. The first-order chi connectivity index (χ1) is 12.8. The zero-order valence-corrected chi connectivity index (χ0v) is 14.2. The Morgan fingerprint density at radius 3 is 1.38 bits per heavy atom. The SMILES string of the molecule is NC(=N/N=C\C=Cc1ccccc1)/C(N)=N\N=C\C=Cc1ccccc1. The fourth-order valence-corrected chi connectivity index (χ4v) is 1.81. The first-order valence-corrected chi connectivity index (χ1v) is 7.92. The van der Waals surface area contributed by atoms with Crippen LogP contribution in [0.5, 0.6) is 0 Å². The number of allylic oxidation sites excluding steroid dienone is 2. The molecule has 0 aliphatic heterocycles. The molecule has 0 amide bonds. The second-order valence-electron chi connectivity index (χ2n) is 5.04. The third-order valence-electron chi connectivity index (χ3n) is 3.08. The number of hydrogen-bond donors (Lipinski definition) is 2. The van der Waals surface area contributed by atoms with E-state index in [1.165, 1.54) is 12.4 Å². The van der Waals surface area contributed by atoms with E-state index in [1.807, 2.05) is 72.8 Å². The average Bonchev–Trinajstić information content (AvgIpc) is 2.68. The molecule has 0 spiro atoms. The summed E-state index contributed by atoms with van der Waals surface area (Å²) in [5, 5.41) is 15.2. The zero-order chi connectivity index (χ0) is 18.5. The van der Waals surface area contributed by atoms with Crippen molar-refractivity contribution in [3.05, 3.63) is 83.9 Å². The average molecular weight is 344 g/mol. The molecule has 0 fully saturated rings. The van der Waals surface area contributed by atoms with Crippen LogP contribution in [0.2, 0.25) is 0 Å². The Balaban J connectivity index is 1.84. The summed E-state index contributed by atoms with van der Waals surface area (Å²) in [6.07, 6.45) is 10.3. The number of nitrogens with two attached hydrogens (primary N) is 2. The van der Waals surface area contributed by atoms with E-state index in [0.717, 1.165) is 11.1 Å². The lowest BCUT2D eigenvalue weighted by atomic mass is 10.2. The van der Waals surface area contributed by atoms with Gasteiger partial charge in [-0.2, -0.15) is 10.2 Å². The zero-order valence-electron chi connectivity index (χ0n) is 14.2. The second-order valence-corrected chi connectivity index (χ2v) is 5.04. The highest BCUT2D eigenvalue weighted by Crippen LogP contribution is 2.00. The minimum atomic E-state index is -0.00134. The molecule has 2 aromatic carbocycles. The molecule has 0 aliphatic rings. The van der Waals surface area contributed by atoms with Crippen molar-refractivity contribution in [2.45, 2.75) is 0 Å². The maximum Gasteiger partial charge on any atom is 0.190 e. The van der Waals surface area contributed by atoms with Gasteiger partial charge >= 0.3 is 0 Å². The molecule has 0 saturated heterocycles. The van der Waals surface area contributed by atoms with Gasteiger partial charge in [0.1, 0.15) is 0 Å². The summed E-state index contributed by atoms with van der Waals surface area (Å²) in [4.78, 5) is 0. The van der Waals surface area contributed by atoms with E-state index in [4.69, 9.17) is 11.5 Å². The maximum atomic E-state index is 5.68. The Hall–Kier alpha value is -3.80. The predicted molar refractivity (Wildman–Crippen MR) is 111 cm³/mol. The molecule has 2 rings (SSSR count). The molecule has 0 heterocycles. The molecule has 26 heavy (non-hydrogen) atoms. The second kappa shape index (κ2) is 10.9. The molecule has 0 radical (unpaired) electrons. The Kier molecular flexibility index (Phi) is 7.76. The molecular weight excluding hydrogens is 324 g/mol. The van der Waals surface area contributed by atoms with Crippen LogP contribution in [0, 0.1) is 0 Å². The number of hydrogen-bond acceptors (Lipinski definition) is 4. The van der Waals surface area contributed by atoms with Gasteiger partial charge in [0.2, 0.25) is 0 Å². The quantitative estimate of drug-likeness (QED) is 0.478. The summed E-state index contributed by atoms with van der Waals surface area (Å²) in [6, 6.07) is 19.7. The molecular formula is C20H20N6. The van der Waals surface area contributed by atoms with Crippen LogP contribution in [0.1, 0.15) is 11.1 Å². The van der Waals surface area contributed by atoms with Crippen molar-refractivity contribution >= 4 is 36.3 Å². The molecule has 0 aliphatic carbocycles. The molecule has 0 unspecified atom stereocenters. The fourth-order valence-electron chi connectivity index (χ4n) is 1.81.